The molecule has 7 nitrogen and oxygen atoms in total. The molecule has 0 bridgehead atoms. The number of hydrogen-bond donors (Lipinski definition) is 1. The Hall–Kier alpha value is -2.38. The normalized spacial score (nSPS) is 14.5. The van der Waals surface area contributed by atoms with Crippen LogP contribution in [-0.2, 0) is 14.3 Å². The molecule has 1 aliphatic heterocycles. The van der Waals surface area contributed by atoms with E-state index in [2.05, 4.69) is 0 Å². The summed E-state index contributed by atoms with van der Waals surface area (Å²) in [7, 11) is 3.22. The van der Waals surface area contributed by atoms with Crippen LogP contribution < -0.4 is 4.74 Å². The van der Waals surface area contributed by atoms with Crippen molar-refractivity contribution in [1.82, 2.24) is 9.80 Å². The molecule has 1 aliphatic rings. The van der Waals surface area contributed by atoms with Crippen LogP contribution in [0.5, 0.6) is 5.75 Å². The molecule has 7 heteroatoms. The van der Waals surface area contributed by atoms with Crippen LogP contribution in [0.3, 0.4) is 0 Å². The number of likely N-dealkylation sites (N-methyl/N-ethyl adjacent to an activating group) is 1. The van der Waals surface area contributed by atoms with Gasteiger partial charge in [0, 0.05) is 32.3 Å². The first-order valence-corrected chi connectivity index (χ1v) is 9.09. The van der Waals surface area contributed by atoms with E-state index in [9.17, 15) is 14.7 Å². The van der Waals surface area contributed by atoms with Crippen molar-refractivity contribution in [3.63, 3.8) is 0 Å². The number of nitrogens with zero attached hydrogens (tertiary/aromatic N) is 2. The highest BCUT2D eigenvalue weighted by Crippen LogP contribution is 2.35. The zero-order valence-electron chi connectivity index (χ0n) is 16.4. The van der Waals surface area contributed by atoms with Crippen molar-refractivity contribution in [2.24, 2.45) is 0 Å². The number of methoxy groups -OCH3 is 1. The van der Waals surface area contributed by atoms with Gasteiger partial charge in [0.1, 0.15) is 11.4 Å². The standard InChI is InChI=1S/C20H28N2O5/c1-14(2)27-13-7-10-22-19(24)17(15-8-5-6-9-16(15)26-4)18(20(22)25)21(3)11-12-23/h5-6,8-9,14,23H,7,10-13H2,1-4H3. The lowest BCUT2D eigenvalue weighted by molar-refractivity contribution is -0.137. The van der Waals surface area contributed by atoms with Gasteiger partial charge in [-0.05, 0) is 26.3 Å². The number of carbonyl (C=O) groups excluding carboxylic acids is 2. The van der Waals surface area contributed by atoms with Gasteiger partial charge < -0.3 is 19.5 Å². The minimum absolute atomic E-state index is 0.100. The summed E-state index contributed by atoms with van der Waals surface area (Å²) in [6, 6.07) is 7.12. The molecule has 0 aromatic heterocycles. The summed E-state index contributed by atoms with van der Waals surface area (Å²) in [5.74, 6) is -0.191. The lowest BCUT2D eigenvalue weighted by Gasteiger charge is -2.20. The predicted molar refractivity (Wildman–Crippen MR) is 102 cm³/mol. The molecule has 148 valence electrons. The van der Waals surface area contributed by atoms with E-state index in [0.29, 0.717) is 29.9 Å². The number of aliphatic hydroxyl groups is 1. The second-order valence-electron chi connectivity index (χ2n) is 6.60. The van der Waals surface area contributed by atoms with Gasteiger partial charge in [0.25, 0.3) is 11.8 Å². The predicted octanol–water partition coefficient (Wildman–Crippen LogP) is 1.51. The Morgan fingerprint density at radius 2 is 1.89 bits per heavy atom. The van der Waals surface area contributed by atoms with Crippen molar-refractivity contribution in [1.29, 1.82) is 0 Å². The van der Waals surface area contributed by atoms with Crippen LogP contribution in [0, 0.1) is 0 Å². The molecule has 0 saturated heterocycles. The first-order valence-electron chi connectivity index (χ1n) is 9.09. The Morgan fingerprint density at radius 3 is 2.52 bits per heavy atom. The van der Waals surface area contributed by atoms with Gasteiger partial charge in [-0.15, -0.1) is 0 Å². The Balaban J connectivity index is 2.35. The SMILES string of the molecule is COc1ccccc1C1=C(N(C)CCO)C(=O)N(CCCOC(C)C)C1=O. The average Bonchev–Trinajstić information content (AvgIpc) is 2.89. The number of rotatable bonds is 10. The van der Waals surface area contributed by atoms with Crippen molar-refractivity contribution in [2.75, 3.05) is 40.5 Å². The maximum Gasteiger partial charge on any atom is 0.277 e. The van der Waals surface area contributed by atoms with Gasteiger partial charge in [-0.3, -0.25) is 14.5 Å². The fourth-order valence-corrected chi connectivity index (χ4v) is 3.02. The third-order valence-electron chi connectivity index (χ3n) is 4.31. The number of benzene rings is 1. The number of amides is 2. The van der Waals surface area contributed by atoms with E-state index in [4.69, 9.17) is 9.47 Å². The molecule has 1 aromatic carbocycles. The van der Waals surface area contributed by atoms with E-state index >= 15 is 0 Å². The van der Waals surface area contributed by atoms with Crippen LogP contribution in [0.2, 0.25) is 0 Å². The Kier molecular flexibility index (Phi) is 7.38. The van der Waals surface area contributed by atoms with Gasteiger partial charge in [0.05, 0.1) is 25.4 Å². The Labute approximate surface area is 160 Å². The van der Waals surface area contributed by atoms with Crippen LogP contribution in [0.15, 0.2) is 30.0 Å². The number of imide groups is 1. The summed E-state index contributed by atoms with van der Waals surface area (Å²) >= 11 is 0. The average molecular weight is 376 g/mol. The molecule has 0 atom stereocenters. The summed E-state index contributed by atoms with van der Waals surface area (Å²) in [5.41, 5.74) is 1.15. The summed E-state index contributed by atoms with van der Waals surface area (Å²) < 4.78 is 10.9. The number of para-hydroxylation sites is 1. The largest absolute Gasteiger partial charge is 0.496 e. The molecule has 2 amide bonds. The zero-order chi connectivity index (χ0) is 20.0. The molecule has 27 heavy (non-hydrogen) atoms. The lowest BCUT2D eigenvalue weighted by atomic mass is 10.0. The van der Waals surface area contributed by atoms with Crippen molar-refractivity contribution in [3.8, 4) is 5.75 Å². The van der Waals surface area contributed by atoms with E-state index in [-0.39, 0.29) is 43.3 Å². The van der Waals surface area contributed by atoms with Gasteiger partial charge in [0.2, 0.25) is 0 Å². The van der Waals surface area contributed by atoms with Crippen molar-refractivity contribution in [3.05, 3.63) is 35.5 Å². The van der Waals surface area contributed by atoms with Gasteiger partial charge in [-0.2, -0.15) is 0 Å². The topological polar surface area (TPSA) is 79.3 Å². The molecular formula is C20H28N2O5. The van der Waals surface area contributed by atoms with Gasteiger partial charge in [-0.1, -0.05) is 18.2 Å². The number of ether oxygens (including phenoxy) is 2. The lowest BCUT2D eigenvalue weighted by Crippen LogP contribution is -2.36. The Morgan fingerprint density at radius 1 is 1.19 bits per heavy atom. The Bertz CT molecular complexity index is 714. The van der Waals surface area contributed by atoms with E-state index in [0.717, 1.165) is 0 Å². The number of hydrogen-bond acceptors (Lipinski definition) is 6. The molecule has 1 N–H and O–H groups in total. The summed E-state index contributed by atoms with van der Waals surface area (Å²) in [4.78, 5) is 28.9. The van der Waals surface area contributed by atoms with Crippen LogP contribution in [0.25, 0.3) is 5.57 Å². The van der Waals surface area contributed by atoms with Gasteiger partial charge in [-0.25, -0.2) is 0 Å². The van der Waals surface area contributed by atoms with E-state index in [1.54, 1.807) is 30.1 Å². The fourth-order valence-electron chi connectivity index (χ4n) is 3.02. The van der Waals surface area contributed by atoms with Crippen molar-refractivity contribution < 1.29 is 24.2 Å². The second-order valence-corrected chi connectivity index (χ2v) is 6.60. The number of aliphatic hydroxyl groups excluding tert-OH is 1. The van der Waals surface area contributed by atoms with E-state index in [1.165, 1.54) is 12.0 Å². The number of carbonyl (C=O) groups is 2. The molecule has 0 saturated carbocycles. The minimum atomic E-state index is -0.360. The quantitative estimate of drug-likeness (QED) is 0.493. The van der Waals surface area contributed by atoms with E-state index in [1.807, 2.05) is 19.9 Å². The molecule has 0 radical (unpaired) electrons. The minimum Gasteiger partial charge on any atom is -0.496 e. The van der Waals surface area contributed by atoms with E-state index < -0.39 is 0 Å². The summed E-state index contributed by atoms with van der Waals surface area (Å²) in [6.45, 7) is 4.76. The van der Waals surface area contributed by atoms with Crippen LogP contribution in [0.4, 0.5) is 0 Å². The molecular weight excluding hydrogens is 348 g/mol. The highest BCUT2D eigenvalue weighted by atomic mass is 16.5. The summed E-state index contributed by atoms with van der Waals surface area (Å²) in [6.07, 6.45) is 0.662. The first kappa shape index (κ1) is 20.9. The third-order valence-corrected chi connectivity index (χ3v) is 4.31. The van der Waals surface area contributed by atoms with Gasteiger partial charge >= 0.3 is 0 Å². The van der Waals surface area contributed by atoms with Crippen molar-refractivity contribution >= 4 is 17.4 Å². The smallest absolute Gasteiger partial charge is 0.277 e. The molecule has 0 fully saturated rings. The maximum absolute atomic E-state index is 13.1. The highest BCUT2D eigenvalue weighted by molar-refractivity contribution is 6.36. The third kappa shape index (κ3) is 4.67. The fraction of sp³-hybridized carbons (Fsp3) is 0.500. The monoisotopic (exact) mass is 376 g/mol. The van der Waals surface area contributed by atoms with Crippen LogP contribution in [0.1, 0.15) is 25.8 Å². The highest BCUT2D eigenvalue weighted by Gasteiger charge is 2.41. The maximum atomic E-state index is 13.1. The molecule has 0 spiro atoms. The molecule has 0 unspecified atom stereocenters. The summed E-state index contributed by atoms with van der Waals surface area (Å²) in [5, 5.41) is 9.28. The van der Waals surface area contributed by atoms with Crippen LogP contribution in [-0.4, -0.2) is 73.3 Å². The second kappa shape index (κ2) is 9.53. The van der Waals surface area contributed by atoms with Gasteiger partial charge in [0.15, 0.2) is 0 Å². The zero-order valence-corrected chi connectivity index (χ0v) is 16.4. The molecule has 1 heterocycles. The molecule has 2 rings (SSSR count). The van der Waals surface area contributed by atoms with Crippen molar-refractivity contribution in [2.45, 2.75) is 26.4 Å². The molecule has 1 aromatic rings. The van der Waals surface area contributed by atoms with Crippen LogP contribution >= 0.6 is 0 Å². The molecule has 0 aliphatic carbocycles. The first-order chi connectivity index (χ1) is 12.9.